The maximum Gasteiger partial charge on any atom is 0.219 e. The van der Waals surface area contributed by atoms with E-state index < -0.39 is 5.82 Å². The normalized spacial score (nSPS) is 10.7. The van der Waals surface area contributed by atoms with Crippen molar-refractivity contribution in [1.29, 1.82) is 0 Å². The van der Waals surface area contributed by atoms with Crippen LogP contribution in [-0.2, 0) is 13.0 Å². The number of hydrogen-bond donors (Lipinski definition) is 1. The van der Waals surface area contributed by atoms with Crippen molar-refractivity contribution < 1.29 is 9.13 Å². The number of hydrogen-bond acceptors (Lipinski definition) is 3. The summed E-state index contributed by atoms with van der Waals surface area (Å²) in [5.41, 5.74) is 2.04. The van der Waals surface area contributed by atoms with Crippen LogP contribution in [0.5, 0.6) is 11.6 Å². The van der Waals surface area contributed by atoms with Gasteiger partial charge in [0.15, 0.2) is 0 Å². The Labute approximate surface area is 129 Å². The Balaban J connectivity index is 2.25. The van der Waals surface area contributed by atoms with Crippen molar-refractivity contribution in [2.24, 2.45) is 0 Å². The lowest BCUT2D eigenvalue weighted by Crippen LogP contribution is -2.12. The fourth-order valence-electron chi connectivity index (χ4n) is 1.90. The van der Waals surface area contributed by atoms with Gasteiger partial charge in [-0.15, -0.1) is 0 Å². The molecule has 1 aromatic heterocycles. The predicted molar refractivity (Wildman–Crippen MR) is 82.5 cm³/mol. The Hall–Kier alpha value is -1.65. The summed E-state index contributed by atoms with van der Waals surface area (Å²) in [5, 5.41) is 3.50. The van der Waals surface area contributed by atoms with E-state index in [2.05, 4.69) is 17.2 Å². The van der Waals surface area contributed by atoms with Gasteiger partial charge in [0.25, 0.3) is 0 Å². The summed E-state index contributed by atoms with van der Waals surface area (Å²) in [6, 6.07) is 7.94. The molecule has 0 saturated heterocycles. The maximum absolute atomic E-state index is 13.0. The first-order valence-corrected chi connectivity index (χ1v) is 7.33. The number of benzene rings is 1. The highest BCUT2D eigenvalue weighted by Crippen LogP contribution is 2.29. The molecular weight excluding hydrogens is 291 g/mol. The average Bonchev–Trinajstić information content (AvgIpc) is 2.48. The molecule has 1 N–H and O–H groups in total. The number of pyridine rings is 1. The third-order valence-electron chi connectivity index (χ3n) is 2.96. The average molecular weight is 309 g/mol. The van der Waals surface area contributed by atoms with Gasteiger partial charge in [0.05, 0.1) is 5.02 Å². The summed E-state index contributed by atoms with van der Waals surface area (Å²) < 4.78 is 18.7. The van der Waals surface area contributed by atoms with Crippen molar-refractivity contribution in [2.75, 3.05) is 6.54 Å². The lowest BCUT2D eigenvalue weighted by molar-refractivity contribution is 0.458. The number of ether oxygens (including phenoxy) is 1. The molecule has 0 spiro atoms. The van der Waals surface area contributed by atoms with Gasteiger partial charge in [0.1, 0.15) is 11.6 Å². The first-order valence-electron chi connectivity index (χ1n) is 6.95. The minimum Gasteiger partial charge on any atom is -0.437 e. The molecule has 0 amide bonds. The Bertz CT molecular complexity index is 619. The summed E-state index contributed by atoms with van der Waals surface area (Å²) in [6.45, 7) is 5.73. The maximum atomic E-state index is 13.0. The SMILES string of the molecule is CCNCc1cc(CC)nc(Oc2ccc(F)cc2Cl)c1. The molecule has 0 unspecified atom stereocenters. The molecule has 1 heterocycles. The number of aromatic nitrogens is 1. The third-order valence-corrected chi connectivity index (χ3v) is 3.26. The van der Waals surface area contributed by atoms with Crippen molar-refractivity contribution in [3.8, 4) is 11.6 Å². The van der Waals surface area contributed by atoms with E-state index in [1.165, 1.54) is 18.2 Å². The van der Waals surface area contributed by atoms with Crippen LogP contribution in [0.4, 0.5) is 4.39 Å². The van der Waals surface area contributed by atoms with Gasteiger partial charge in [-0.3, -0.25) is 0 Å². The van der Waals surface area contributed by atoms with Crippen LogP contribution in [-0.4, -0.2) is 11.5 Å². The number of halogens is 2. The molecule has 2 aromatic rings. The Morgan fingerprint density at radius 3 is 2.71 bits per heavy atom. The van der Waals surface area contributed by atoms with Gasteiger partial charge in [0.2, 0.25) is 5.88 Å². The van der Waals surface area contributed by atoms with E-state index in [1.807, 2.05) is 19.1 Å². The van der Waals surface area contributed by atoms with Crippen LogP contribution in [0.1, 0.15) is 25.1 Å². The van der Waals surface area contributed by atoms with E-state index in [9.17, 15) is 4.39 Å². The first-order chi connectivity index (χ1) is 10.1. The molecule has 5 heteroatoms. The third kappa shape index (κ3) is 4.41. The molecule has 21 heavy (non-hydrogen) atoms. The van der Waals surface area contributed by atoms with Gasteiger partial charge in [-0.2, -0.15) is 0 Å². The minimum atomic E-state index is -0.393. The lowest BCUT2D eigenvalue weighted by Gasteiger charge is -2.10. The number of nitrogens with one attached hydrogen (secondary N) is 1. The van der Waals surface area contributed by atoms with Gasteiger partial charge in [0, 0.05) is 18.3 Å². The molecule has 0 aliphatic heterocycles. The van der Waals surface area contributed by atoms with Crippen LogP contribution < -0.4 is 10.1 Å². The molecule has 0 bridgehead atoms. The molecule has 0 saturated carbocycles. The smallest absolute Gasteiger partial charge is 0.219 e. The zero-order chi connectivity index (χ0) is 15.2. The second-order valence-corrected chi connectivity index (χ2v) is 5.02. The van der Waals surface area contributed by atoms with Crippen LogP contribution in [0, 0.1) is 5.82 Å². The van der Waals surface area contributed by atoms with Gasteiger partial charge < -0.3 is 10.1 Å². The quantitative estimate of drug-likeness (QED) is 0.862. The van der Waals surface area contributed by atoms with Crippen LogP contribution in [0.2, 0.25) is 5.02 Å². The summed E-state index contributed by atoms with van der Waals surface area (Å²) >= 11 is 5.97. The highest BCUT2D eigenvalue weighted by molar-refractivity contribution is 6.32. The second kappa shape index (κ2) is 7.38. The molecule has 2 rings (SSSR count). The standard InChI is InChI=1S/C16H18ClFN2O/c1-3-13-7-11(10-19-4-2)8-16(20-13)21-15-6-5-12(18)9-14(15)17/h5-9,19H,3-4,10H2,1-2H3. The molecule has 0 atom stereocenters. The zero-order valence-electron chi connectivity index (χ0n) is 12.1. The molecule has 0 fully saturated rings. The van der Waals surface area contributed by atoms with Crippen molar-refractivity contribution in [3.63, 3.8) is 0 Å². The van der Waals surface area contributed by atoms with E-state index in [1.54, 1.807) is 0 Å². The monoisotopic (exact) mass is 308 g/mol. The van der Waals surface area contributed by atoms with Crippen LogP contribution in [0.3, 0.4) is 0 Å². The molecule has 0 aliphatic rings. The Kier molecular flexibility index (Phi) is 5.53. The first kappa shape index (κ1) is 15.7. The molecule has 0 radical (unpaired) electrons. The molecule has 1 aromatic carbocycles. The van der Waals surface area contributed by atoms with E-state index in [0.29, 0.717) is 11.6 Å². The predicted octanol–water partition coefficient (Wildman–Crippen LogP) is 4.34. The number of rotatable bonds is 6. The minimum absolute atomic E-state index is 0.229. The highest BCUT2D eigenvalue weighted by Gasteiger charge is 2.08. The van der Waals surface area contributed by atoms with Crippen molar-refractivity contribution in [1.82, 2.24) is 10.3 Å². The fraction of sp³-hybridized carbons (Fsp3) is 0.312. The van der Waals surface area contributed by atoms with E-state index in [0.717, 1.165) is 30.8 Å². The van der Waals surface area contributed by atoms with E-state index in [-0.39, 0.29) is 5.02 Å². The molecule has 3 nitrogen and oxygen atoms in total. The zero-order valence-corrected chi connectivity index (χ0v) is 12.9. The fourth-order valence-corrected chi connectivity index (χ4v) is 2.10. The van der Waals surface area contributed by atoms with Gasteiger partial charge in [-0.25, -0.2) is 9.37 Å². The lowest BCUT2D eigenvalue weighted by atomic mass is 10.2. The largest absolute Gasteiger partial charge is 0.437 e. The van der Waals surface area contributed by atoms with Gasteiger partial charge in [-0.05, 0) is 42.8 Å². The summed E-state index contributed by atoms with van der Waals surface area (Å²) in [7, 11) is 0. The number of nitrogens with zero attached hydrogens (tertiary/aromatic N) is 1. The molecule has 0 aliphatic carbocycles. The van der Waals surface area contributed by atoms with Gasteiger partial charge >= 0.3 is 0 Å². The highest BCUT2D eigenvalue weighted by atomic mass is 35.5. The topological polar surface area (TPSA) is 34.2 Å². The molecule has 112 valence electrons. The van der Waals surface area contributed by atoms with Crippen LogP contribution >= 0.6 is 11.6 Å². The molecular formula is C16H18ClFN2O. The Morgan fingerprint density at radius 1 is 1.24 bits per heavy atom. The Morgan fingerprint density at radius 2 is 2.05 bits per heavy atom. The summed E-state index contributed by atoms with van der Waals surface area (Å²) in [5.74, 6) is 0.472. The van der Waals surface area contributed by atoms with Crippen LogP contribution in [0.15, 0.2) is 30.3 Å². The van der Waals surface area contributed by atoms with Crippen LogP contribution in [0.25, 0.3) is 0 Å². The van der Waals surface area contributed by atoms with Crippen molar-refractivity contribution in [2.45, 2.75) is 26.8 Å². The summed E-state index contributed by atoms with van der Waals surface area (Å²) in [4.78, 5) is 4.42. The van der Waals surface area contributed by atoms with Crippen molar-refractivity contribution >= 4 is 11.6 Å². The second-order valence-electron chi connectivity index (χ2n) is 4.62. The summed E-state index contributed by atoms with van der Waals surface area (Å²) in [6.07, 6.45) is 0.813. The van der Waals surface area contributed by atoms with E-state index >= 15 is 0 Å². The number of aryl methyl sites for hydroxylation is 1. The van der Waals surface area contributed by atoms with E-state index in [4.69, 9.17) is 16.3 Å². The van der Waals surface area contributed by atoms with Crippen molar-refractivity contribution in [3.05, 3.63) is 52.4 Å². The van der Waals surface area contributed by atoms with Gasteiger partial charge in [-0.1, -0.05) is 25.4 Å².